The van der Waals surface area contributed by atoms with Gasteiger partial charge < -0.3 is 20.7 Å². The van der Waals surface area contributed by atoms with Gasteiger partial charge in [-0.15, -0.1) is 0 Å². The molecule has 0 radical (unpaired) electrons. The summed E-state index contributed by atoms with van der Waals surface area (Å²) in [7, 11) is -4.28. The maximum atomic E-state index is 13.0. The van der Waals surface area contributed by atoms with Gasteiger partial charge in [-0.1, -0.05) is 23.7 Å². The largest absolute Gasteiger partial charge is 0.457 e. The van der Waals surface area contributed by atoms with Crippen molar-refractivity contribution >= 4 is 45.0 Å². The van der Waals surface area contributed by atoms with E-state index in [1.165, 1.54) is 72.9 Å². The molecule has 4 N–H and O–H groups in total. The molecule has 0 unspecified atom stereocenters. The number of carbonyl (C=O) groups excluding carboxylic acids is 2. The summed E-state index contributed by atoms with van der Waals surface area (Å²) in [6.07, 6.45) is -2.88. The average molecular weight is 635 g/mol. The van der Waals surface area contributed by atoms with E-state index in [1.807, 2.05) is 0 Å². The first kappa shape index (κ1) is 31.3. The number of hydrogen-bond acceptors (Lipinski definition) is 6. The van der Waals surface area contributed by atoms with E-state index in [9.17, 15) is 31.2 Å². The van der Waals surface area contributed by atoms with Crippen molar-refractivity contribution < 1.29 is 40.5 Å². The fourth-order valence-electron chi connectivity index (χ4n) is 3.69. The van der Waals surface area contributed by atoms with Crippen molar-refractivity contribution in [3.63, 3.8) is 0 Å². The number of halogens is 4. The number of hydrogen-bond donors (Lipinski definition) is 4. The summed E-state index contributed by atoms with van der Waals surface area (Å²) in [4.78, 5) is 28.6. The first-order valence-corrected chi connectivity index (χ1v) is 14.1. The van der Waals surface area contributed by atoms with Crippen LogP contribution in [0, 0.1) is 0 Å². The van der Waals surface area contributed by atoms with Gasteiger partial charge in [-0.2, -0.15) is 21.6 Å². The number of carbonyl (C=O) groups is 2. The fraction of sp³-hybridized carbons (Fsp3) is 0.107. The van der Waals surface area contributed by atoms with Crippen LogP contribution in [0.25, 0.3) is 0 Å². The Bertz CT molecular complexity index is 1740. The van der Waals surface area contributed by atoms with Crippen LogP contribution in [-0.4, -0.2) is 36.4 Å². The molecular formula is C28H22ClF3N4O6S. The van der Waals surface area contributed by atoms with E-state index in [2.05, 4.69) is 20.9 Å². The van der Waals surface area contributed by atoms with Crippen LogP contribution < -0.4 is 20.7 Å². The van der Waals surface area contributed by atoms with Gasteiger partial charge in [0, 0.05) is 30.2 Å². The molecule has 224 valence electrons. The van der Waals surface area contributed by atoms with Crippen LogP contribution in [0.1, 0.15) is 21.6 Å². The average Bonchev–Trinajstić information content (AvgIpc) is 2.94. The number of rotatable bonds is 9. The van der Waals surface area contributed by atoms with Crippen molar-refractivity contribution in [3.8, 4) is 11.5 Å². The molecule has 0 spiro atoms. The zero-order valence-corrected chi connectivity index (χ0v) is 23.4. The van der Waals surface area contributed by atoms with Gasteiger partial charge in [0.1, 0.15) is 17.2 Å². The second-order valence-electron chi connectivity index (χ2n) is 8.90. The Kier molecular flexibility index (Phi) is 9.53. The van der Waals surface area contributed by atoms with Crippen molar-refractivity contribution in [2.75, 3.05) is 17.2 Å². The highest BCUT2D eigenvalue weighted by Gasteiger charge is 2.33. The van der Waals surface area contributed by atoms with E-state index >= 15 is 0 Å². The Balaban J connectivity index is 1.29. The first-order chi connectivity index (χ1) is 20.3. The lowest BCUT2D eigenvalue weighted by Crippen LogP contribution is -2.26. The lowest BCUT2D eigenvalue weighted by atomic mass is 10.1. The van der Waals surface area contributed by atoms with Crippen LogP contribution in [0.3, 0.4) is 0 Å². The molecule has 0 fully saturated rings. The van der Waals surface area contributed by atoms with E-state index < -0.39 is 38.8 Å². The molecule has 4 rings (SSSR count). The SMILES string of the molecule is O=C(Nc1ccc(Oc2ccnc(C(=O)NCCc3ccc(S(=O)(=O)O)cc3)c2)cc1)Nc1ccc(Cl)c(C(F)(F)F)c1. The van der Waals surface area contributed by atoms with Gasteiger partial charge in [0.2, 0.25) is 0 Å². The number of ether oxygens (including phenoxy) is 1. The van der Waals surface area contributed by atoms with E-state index in [4.69, 9.17) is 20.9 Å². The van der Waals surface area contributed by atoms with Crippen LogP contribution in [0.5, 0.6) is 11.5 Å². The third-order valence-corrected chi connectivity index (χ3v) is 6.96. The number of nitrogens with one attached hydrogen (secondary N) is 3. The van der Waals surface area contributed by atoms with Gasteiger partial charge in [0.25, 0.3) is 16.0 Å². The zero-order valence-electron chi connectivity index (χ0n) is 21.9. The highest BCUT2D eigenvalue weighted by Crippen LogP contribution is 2.36. The molecule has 0 aliphatic carbocycles. The highest BCUT2D eigenvalue weighted by molar-refractivity contribution is 7.85. The maximum absolute atomic E-state index is 13.0. The molecule has 0 aliphatic heterocycles. The van der Waals surface area contributed by atoms with Gasteiger partial charge in [-0.25, -0.2) is 4.79 Å². The summed E-state index contributed by atoms with van der Waals surface area (Å²) in [6, 6.07) is 16.9. The number of alkyl halides is 3. The van der Waals surface area contributed by atoms with E-state index in [-0.39, 0.29) is 22.8 Å². The van der Waals surface area contributed by atoms with Crippen molar-refractivity contribution in [2.24, 2.45) is 0 Å². The number of benzene rings is 3. The van der Waals surface area contributed by atoms with Crippen molar-refractivity contribution in [2.45, 2.75) is 17.5 Å². The Morgan fingerprint density at radius 2 is 1.53 bits per heavy atom. The molecule has 0 atom stereocenters. The van der Waals surface area contributed by atoms with Crippen LogP contribution in [0.4, 0.5) is 29.3 Å². The number of amides is 3. The third-order valence-electron chi connectivity index (χ3n) is 5.76. The van der Waals surface area contributed by atoms with Crippen LogP contribution in [-0.2, 0) is 22.7 Å². The first-order valence-electron chi connectivity index (χ1n) is 12.3. The van der Waals surface area contributed by atoms with Crippen LogP contribution >= 0.6 is 11.6 Å². The monoisotopic (exact) mass is 634 g/mol. The van der Waals surface area contributed by atoms with Gasteiger partial charge in [-0.3, -0.25) is 14.3 Å². The lowest BCUT2D eigenvalue weighted by molar-refractivity contribution is -0.137. The molecule has 0 bridgehead atoms. The molecule has 15 heteroatoms. The van der Waals surface area contributed by atoms with Crippen molar-refractivity contribution in [3.05, 3.63) is 107 Å². The summed E-state index contributed by atoms with van der Waals surface area (Å²) in [6.45, 7) is 0.236. The maximum Gasteiger partial charge on any atom is 0.417 e. The predicted molar refractivity (Wildman–Crippen MR) is 152 cm³/mol. The van der Waals surface area contributed by atoms with Gasteiger partial charge in [0.15, 0.2) is 0 Å². The number of nitrogens with zero attached hydrogens (tertiary/aromatic N) is 1. The molecule has 3 aromatic carbocycles. The summed E-state index contributed by atoms with van der Waals surface area (Å²) in [5.41, 5.74) is -0.00587. The molecule has 0 saturated heterocycles. The number of urea groups is 1. The minimum Gasteiger partial charge on any atom is -0.457 e. The Morgan fingerprint density at radius 3 is 2.19 bits per heavy atom. The molecule has 4 aromatic rings. The van der Waals surface area contributed by atoms with Crippen LogP contribution in [0.2, 0.25) is 5.02 Å². The predicted octanol–water partition coefficient (Wildman–Crippen LogP) is 6.41. The topological polar surface area (TPSA) is 147 Å². The minimum atomic E-state index is -4.67. The Morgan fingerprint density at radius 1 is 0.884 bits per heavy atom. The van der Waals surface area contributed by atoms with Crippen LogP contribution in [0.15, 0.2) is 90.0 Å². The van der Waals surface area contributed by atoms with Gasteiger partial charge in [-0.05, 0) is 72.6 Å². The summed E-state index contributed by atoms with van der Waals surface area (Å²) >= 11 is 5.60. The standard InChI is InChI=1S/C28H22ClF3N4O6S/c29-24-10-5-19(15-23(24)28(30,31)32)36-27(38)35-18-3-6-20(7-4-18)42-21-12-14-33-25(16-21)26(37)34-13-11-17-1-8-22(9-2-17)43(39,40)41/h1-10,12,14-16H,11,13H2,(H,34,37)(H2,35,36,38)(H,39,40,41). The van der Waals surface area contributed by atoms with Gasteiger partial charge in [0.05, 0.1) is 15.5 Å². The fourth-order valence-corrected chi connectivity index (χ4v) is 4.40. The third kappa shape index (κ3) is 8.91. The normalized spacial score (nSPS) is 11.5. The summed E-state index contributed by atoms with van der Waals surface area (Å²) in [5.74, 6) is 0.209. The van der Waals surface area contributed by atoms with Crippen molar-refractivity contribution in [1.82, 2.24) is 10.3 Å². The molecule has 0 saturated carbocycles. The van der Waals surface area contributed by atoms with E-state index in [0.717, 1.165) is 17.7 Å². The quantitative estimate of drug-likeness (QED) is 0.156. The summed E-state index contributed by atoms with van der Waals surface area (Å²) in [5, 5.41) is 7.04. The minimum absolute atomic E-state index is 0.0880. The molecular weight excluding hydrogens is 613 g/mol. The zero-order chi connectivity index (χ0) is 31.2. The summed E-state index contributed by atoms with van der Waals surface area (Å²) < 4.78 is 76.2. The molecule has 1 heterocycles. The lowest BCUT2D eigenvalue weighted by Gasteiger charge is -2.12. The van der Waals surface area contributed by atoms with E-state index in [1.54, 1.807) is 0 Å². The molecule has 43 heavy (non-hydrogen) atoms. The number of aromatic nitrogens is 1. The smallest absolute Gasteiger partial charge is 0.417 e. The van der Waals surface area contributed by atoms with Gasteiger partial charge >= 0.3 is 12.2 Å². The van der Waals surface area contributed by atoms with Crippen molar-refractivity contribution in [1.29, 1.82) is 0 Å². The number of anilines is 2. The molecule has 1 aromatic heterocycles. The molecule has 3 amide bonds. The van der Waals surface area contributed by atoms with E-state index in [0.29, 0.717) is 23.6 Å². The Labute approximate surface area is 248 Å². The molecule has 0 aliphatic rings. The molecule has 10 nitrogen and oxygen atoms in total. The second kappa shape index (κ2) is 13.1. The highest BCUT2D eigenvalue weighted by atomic mass is 35.5. The second-order valence-corrected chi connectivity index (χ2v) is 10.7. The Hall–Kier alpha value is -4.66. The number of pyridine rings is 1.